The standard InChI is InChI=1S/C17H15BrN2O3/c1-23-15-8-4-13(5-9-15)17(22)20-19-11-10-16(21)12-2-6-14(18)7-3-12/h2-9,11H,10H2,1H3,(H,20,22). The van der Waals surface area contributed by atoms with Crippen LogP contribution in [0, 0.1) is 0 Å². The summed E-state index contributed by atoms with van der Waals surface area (Å²) < 4.78 is 5.93. The molecule has 2 aromatic rings. The van der Waals surface area contributed by atoms with Crippen molar-refractivity contribution in [3.8, 4) is 5.75 Å². The van der Waals surface area contributed by atoms with E-state index in [4.69, 9.17) is 4.74 Å². The lowest BCUT2D eigenvalue weighted by atomic mass is 10.1. The molecule has 1 amide bonds. The Morgan fingerprint density at radius 3 is 2.30 bits per heavy atom. The average Bonchev–Trinajstić information content (AvgIpc) is 2.59. The lowest BCUT2D eigenvalue weighted by Crippen LogP contribution is -2.17. The molecule has 0 aromatic heterocycles. The van der Waals surface area contributed by atoms with Crippen LogP contribution in [0.5, 0.6) is 5.75 Å². The molecule has 2 aromatic carbocycles. The van der Waals surface area contributed by atoms with Crippen LogP contribution in [-0.4, -0.2) is 25.0 Å². The summed E-state index contributed by atoms with van der Waals surface area (Å²) in [6, 6.07) is 13.7. The highest BCUT2D eigenvalue weighted by molar-refractivity contribution is 9.10. The topological polar surface area (TPSA) is 67.8 Å². The van der Waals surface area contributed by atoms with E-state index < -0.39 is 0 Å². The molecule has 118 valence electrons. The molecule has 0 saturated heterocycles. The van der Waals surface area contributed by atoms with Gasteiger partial charge in [-0.3, -0.25) is 9.59 Å². The third-order valence-corrected chi connectivity index (χ3v) is 3.58. The van der Waals surface area contributed by atoms with Gasteiger partial charge in [0.2, 0.25) is 0 Å². The largest absolute Gasteiger partial charge is 0.497 e. The molecule has 2 rings (SSSR count). The van der Waals surface area contributed by atoms with Crippen molar-refractivity contribution in [2.75, 3.05) is 7.11 Å². The molecule has 0 fully saturated rings. The minimum absolute atomic E-state index is 0.0695. The van der Waals surface area contributed by atoms with Crippen molar-refractivity contribution in [1.29, 1.82) is 0 Å². The summed E-state index contributed by atoms with van der Waals surface area (Å²) in [5, 5.41) is 3.79. The van der Waals surface area contributed by atoms with E-state index in [2.05, 4.69) is 26.5 Å². The molecule has 0 spiro atoms. The molecule has 5 nitrogen and oxygen atoms in total. The quantitative estimate of drug-likeness (QED) is 0.478. The Kier molecular flexibility index (Phi) is 6.05. The summed E-state index contributed by atoms with van der Waals surface area (Å²) in [6.07, 6.45) is 1.50. The Morgan fingerprint density at radius 2 is 1.70 bits per heavy atom. The van der Waals surface area contributed by atoms with Crippen LogP contribution in [-0.2, 0) is 0 Å². The number of halogens is 1. The first-order valence-electron chi connectivity index (χ1n) is 6.85. The zero-order valence-corrected chi connectivity index (χ0v) is 14.0. The number of Topliss-reactive ketones (excluding diaryl/α,β-unsaturated/α-hetero) is 1. The maximum absolute atomic E-state index is 11.9. The number of hydrazone groups is 1. The van der Waals surface area contributed by atoms with E-state index in [0.717, 1.165) is 4.47 Å². The van der Waals surface area contributed by atoms with Crippen molar-refractivity contribution in [3.63, 3.8) is 0 Å². The van der Waals surface area contributed by atoms with Gasteiger partial charge in [0.05, 0.1) is 7.11 Å². The van der Waals surface area contributed by atoms with Crippen LogP contribution in [0.15, 0.2) is 58.1 Å². The van der Waals surface area contributed by atoms with Crippen LogP contribution < -0.4 is 10.2 Å². The summed E-state index contributed by atoms with van der Waals surface area (Å²) in [5.74, 6) is 0.255. The van der Waals surface area contributed by atoms with E-state index >= 15 is 0 Å². The first-order chi connectivity index (χ1) is 11.1. The number of carbonyl (C=O) groups excluding carboxylic acids is 2. The predicted molar refractivity (Wildman–Crippen MR) is 92.0 cm³/mol. The van der Waals surface area contributed by atoms with Gasteiger partial charge in [-0.1, -0.05) is 28.1 Å². The van der Waals surface area contributed by atoms with Crippen molar-refractivity contribution in [1.82, 2.24) is 5.43 Å². The van der Waals surface area contributed by atoms with Crippen LogP contribution in [0.3, 0.4) is 0 Å². The average molecular weight is 375 g/mol. The molecule has 0 unspecified atom stereocenters. The zero-order chi connectivity index (χ0) is 16.7. The van der Waals surface area contributed by atoms with Gasteiger partial charge in [0, 0.05) is 28.2 Å². The van der Waals surface area contributed by atoms with E-state index in [1.54, 1.807) is 55.6 Å². The number of ketones is 1. The second-order valence-electron chi connectivity index (χ2n) is 4.62. The molecule has 0 aliphatic rings. The van der Waals surface area contributed by atoms with Crippen LogP contribution >= 0.6 is 15.9 Å². The molecule has 0 radical (unpaired) electrons. The molecular formula is C17H15BrN2O3. The minimum Gasteiger partial charge on any atom is -0.497 e. The molecule has 1 N–H and O–H groups in total. The smallest absolute Gasteiger partial charge is 0.271 e. The van der Waals surface area contributed by atoms with Gasteiger partial charge in [-0.05, 0) is 36.4 Å². The Balaban J connectivity index is 1.84. The fourth-order valence-corrected chi connectivity index (χ4v) is 2.06. The Hall–Kier alpha value is -2.47. The molecule has 0 heterocycles. The number of hydrogen-bond donors (Lipinski definition) is 1. The number of carbonyl (C=O) groups is 2. The lowest BCUT2D eigenvalue weighted by Gasteiger charge is -2.02. The first-order valence-corrected chi connectivity index (χ1v) is 7.64. The van der Waals surface area contributed by atoms with Crippen molar-refractivity contribution in [3.05, 3.63) is 64.1 Å². The zero-order valence-electron chi connectivity index (χ0n) is 12.5. The van der Waals surface area contributed by atoms with Gasteiger partial charge in [0.1, 0.15) is 5.75 Å². The molecule has 0 saturated carbocycles. The fourth-order valence-electron chi connectivity index (χ4n) is 1.79. The summed E-state index contributed by atoms with van der Waals surface area (Å²) in [6.45, 7) is 0. The number of ether oxygens (including phenoxy) is 1. The SMILES string of the molecule is COc1ccc(C(=O)NN=CCC(=O)c2ccc(Br)cc2)cc1. The van der Waals surface area contributed by atoms with Crippen LogP contribution in [0.4, 0.5) is 0 Å². The van der Waals surface area contributed by atoms with Crippen molar-refractivity contribution in [2.24, 2.45) is 5.10 Å². The number of rotatable bonds is 6. The van der Waals surface area contributed by atoms with Crippen molar-refractivity contribution < 1.29 is 14.3 Å². The van der Waals surface area contributed by atoms with E-state index in [9.17, 15) is 9.59 Å². The van der Waals surface area contributed by atoms with Gasteiger partial charge < -0.3 is 4.74 Å². The first kappa shape index (κ1) is 16.9. The summed E-state index contributed by atoms with van der Waals surface area (Å²) in [4.78, 5) is 23.7. The number of methoxy groups -OCH3 is 1. The Labute approximate surface area is 142 Å². The second-order valence-corrected chi connectivity index (χ2v) is 5.53. The Morgan fingerprint density at radius 1 is 1.09 bits per heavy atom. The van der Waals surface area contributed by atoms with E-state index in [1.165, 1.54) is 6.21 Å². The molecule has 0 atom stereocenters. The van der Waals surface area contributed by atoms with Gasteiger partial charge in [0.15, 0.2) is 5.78 Å². The highest BCUT2D eigenvalue weighted by Gasteiger charge is 2.05. The highest BCUT2D eigenvalue weighted by Crippen LogP contribution is 2.12. The molecule has 6 heteroatoms. The van der Waals surface area contributed by atoms with Crippen LogP contribution in [0.25, 0.3) is 0 Å². The maximum Gasteiger partial charge on any atom is 0.271 e. The summed E-state index contributed by atoms with van der Waals surface area (Å²) in [7, 11) is 1.56. The number of nitrogens with one attached hydrogen (secondary N) is 1. The molecule has 0 aliphatic carbocycles. The third-order valence-electron chi connectivity index (χ3n) is 3.05. The predicted octanol–water partition coefficient (Wildman–Crippen LogP) is 3.45. The highest BCUT2D eigenvalue weighted by atomic mass is 79.9. The Bertz CT molecular complexity index is 710. The molecule has 23 heavy (non-hydrogen) atoms. The maximum atomic E-state index is 11.9. The number of hydrogen-bond acceptors (Lipinski definition) is 4. The third kappa shape index (κ3) is 5.03. The van der Waals surface area contributed by atoms with Crippen molar-refractivity contribution >= 4 is 33.8 Å². The summed E-state index contributed by atoms with van der Waals surface area (Å²) >= 11 is 3.31. The number of benzene rings is 2. The number of nitrogens with zero attached hydrogens (tertiary/aromatic N) is 1. The van der Waals surface area contributed by atoms with Gasteiger partial charge in [-0.25, -0.2) is 5.43 Å². The van der Waals surface area contributed by atoms with Gasteiger partial charge in [-0.15, -0.1) is 0 Å². The number of amides is 1. The monoisotopic (exact) mass is 374 g/mol. The van der Waals surface area contributed by atoms with E-state index in [-0.39, 0.29) is 18.1 Å². The summed E-state index contributed by atoms with van der Waals surface area (Å²) in [5.41, 5.74) is 3.44. The molecule has 0 aliphatic heterocycles. The normalized spacial score (nSPS) is 10.5. The lowest BCUT2D eigenvalue weighted by molar-refractivity contribution is 0.0951. The van der Waals surface area contributed by atoms with Crippen molar-refractivity contribution in [2.45, 2.75) is 6.42 Å². The molecule has 0 bridgehead atoms. The van der Waals surface area contributed by atoms with Crippen LogP contribution in [0.1, 0.15) is 27.1 Å². The minimum atomic E-state index is -0.347. The van der Waals surface area contributed by atoms with Gasteiger partial charge in [-0.2, -0.15) is 5.10 Å². The van der Waals surface area contributed by atoms with E-state index in [0.29, 0.717) is 16.9 Å². The van der Waals surface area contributed by atoms with Gasteiger partial charge in [0.25, 0.3) is 5.91 Å². The van der Waals surface area contributed by atoms with E-state index in [1.807, 2.05) is 0 Å². The fraction of sp³-hybridized carbons (Fsp3) is 0.118. The molecular weight excluding hydrogens is 360 g/mol. The second kappa shape index (κ2) is 8.24. The van der Waals surface area contributed by atoms with Gasteiger partial charge >= 0.3 is 0 Å². The van der Waals surface area contributed by atoms with Crippen LogP contribution in [0.2, 0.25) is 0 Å².